The summed E-state index contributed by atoms with van der Waals surface area (Å²) < 4.78 is 5.34. The first-order chi connectivity index (χ1) is 10.4. The van der Waals surface area contributed by atoms with E-state index in [2.05, 4.69) is 4.98 Å². The fourth-order valence-electron chi connectivity index (χ4n) is 2.66. The highest BCUT2D eigenvalue weighted by Crippen LogP contribution is 2.39. The maximum absolute atomic E-state index is 12.6. The third kappa shape index (κ3) is 3.20. The number of hydrogen-bond acceptors (Lipinski definition) is 5. The number of nitrogens with two attached hydrogens (primary N) is 1. The van der Waals surface area contributed by atoms with Gasteiger partial charge in [-0.2, -0.15) is 0 Å². The van der Waals surface area contributed by atoms with Gasteiger partial charge in [-0.15, -0.1) is 0 Å². The van der Waals surface area contributed by atoms with E-state index >= 15 is 0 Å². The lowest BCUT2D eigenvalue weighted by atomic mass is 9.51. The number of anilines is 1. The first kappa shape index (κ1) is 17.7. The lowest BCUT2D eigenvalue weighted by Crippen LogP contribution is -2.68. The highest BCUT2D eigenvalue weighted by molar-refractivity contribution is 6.41. The molecule has 9 heteroatoms. The second kappa shape index (κ2) is 5.48. The number of carbonyl (C=O) groups is 1. The molecule has 1 unspecified atom stereocenters. The third-order valence-electron chi connectivity index (χ3n) is 3.54. The van der Waals surface area contributed by atoms with E-state index in [1.807, 2.05) is 0 Å². The maximum atomic E-state index is 12.6. The van der Waals surface area contributed by atoms with E-state index in [0.29, 0.717) is 16.9 Å². The molecular weight excluding hydrogens is 291 g/mol. The molecule has 2 heterocycles. The largest absolute Gasteiger partial charge is 0.444 e. The molecule has 0 aromatic carbocycles. The topological polar surface area (TPSA) is 88.7 Å². The fourth-order valence-corrected chi connectivity index (χ4v) is 2.66. The van der Waals surface area contributed by atoms with Gasteiger partial charge in [-0.3, -0.25) is 4.98 Å². The number of hydrogen-bond donors (Lipinski definition) is 2. The summed E-state index contributed by atoms with van der Waals surface area (Å²) in [6.45, 7) is 4.48. The Morgan fingerprint density at radius 1 is 1.48 bits per heavy atom. The Balaban J connectivity index is 2.58. The molecule has 1 aliphatic heterocycles. The van der Waals surface area contributed by atoms with E-state index < -0.39 is 29.1 Å². The molecule has 1 aromatic rings. The van der Waals surface area contributed by atoms with Crippen molar-refractivity contribution in [3.8, 4) is 0 Å². The van der Waals surface area contributed by atoms with Crippen LogP contribution in [-0.2, 0) is 16.6 Å². The van der Waals surface area contributed by atoms with E-state index in [1.165, 1.54) is 6.20 Å². The molecule has 3 N–H and O–H groups in total. The van der Waals surface area contributed by atoms with Gasteiger partial charge in [0.05, 0.1) is 39.6 Å². The monoisotopic (exact) mass is 309 g/mol. The molecular formula is C14H18B3N3O3. The molecule has 0 saturated heterocycles. The van der Waals surface area contributed by atoms with Crippen LogP contribution in [0.25, 0.3) is 0 Å². The first-order valence-corrected chi connectivity index (χ1v) is 7.16. The van der Waals surface area contributed by atoms with Crippen LogP contribution in [-0.4, -0.2) is 62.2 Å². The zero-order valence-electron chi connectivity index (χ0n) is 13.5. The van der Waals surface area contributed by atoms with Crippen molar-refractivity contribution in [3.63, 3.8) is 0 Å². The molecule has 0 bridgehead atoms. The maximum Gasteiger partial charge on any atom is 0.409 e. The number of rotatable bonds is 1. The molecule has 1 aliphatic rings. The third-order valence-corrected chi connectivity index (χ3v) is 3.54. The van der Waals surface area contributed by atoms with E-state index in [-0.39, 0.29) is 6.42 Å². The van der Waals surface area contributed by atoms with Crippen LogP contribution >= 0.6 is 0 Å². The Kier molecular flexibility index (Phi) is 4.22. The number of nitrogens with zero attached hydrogens (tertiary/aromatic N) is 2. The van der Waals surface area contributed by atoms with Gasteiger partial charge in [0.2, 0.25) is 0 Å². The van der Waals surface area contributed by atoms with Crippen molar-refractivity contribution < 1.29 is 14.6 Å². The molecule has 0 saturated carbocycles. The van der Waals surface area contributed by atoms with Gasteiger partial charge in [0.25, 0.3) is 0 Å². The zero-order valence-corrected chi connectivity index (χ0v) is 13.5. The van der Waals surface area contributed by atoms with Crippen molar-refractivity contribution in [2.45, 2.75) is 43.6 Å². The summed E-state index contributed by atoms with van der Waals surface area (Å²) in [5.41, 5.74) is 4.48. The summed E-state index contributed by atoms with van der Waals surface area (Å²) in [4.78, 5) is 17.7. The summed E-state index contributed by atoms with van der Waals surface area (Å²) >= 11 is 0. The second-order valence-electron chi connectivity index (χ2n) is 6.83. The molecule has 23 heavy (non-hydrogen) atoms. The minimum absolute atomic E-state index is 0.0425. The second-order valence-corrected chi connectivity index (χ2v) is 6.83. The van der Waals surface area contributed by atoms with Gasteiger partial charge in [0.15, 0.2) is 0 Å². The lowest BCUT2D eigenvalue weighted by Gasteiger charge is -2.54. The predicted octanol–water partition coefficient (Wildman–Crippen LogP) is -0.239. The molecule has 6 nitrogen and oxygen atoms in total. The van der Waals surface area contributed by atoms with Crippen LogP contribution in [0.5, 0.6) is 0 Å². The van der Waals surface area contributed by atoms with Gasteiger partial charge in [-0.1, -0.05) is 0 Å². The Morgan fingerprint density at radius 2 is 2.09 bits per heavy atom. The smallest absolute Gasteiger partial charge is 0.409 e. The summed E-state index contributed by atoms with van der Waals surface area (Å²) in [5, 5.41) is 8.21. The molecule has 1 amide bonds. The summed E-state index contributed by atoms with van der Waals surface area (Å²) in [7, 11) is 18.5. The number of pyridine rings is 1. The number of carbonyl (C=O) groups excluding carboxylic acids is 1. The number of ether oxygens (including phenoxy) is 1. The van der Waals surface area contributed by atoms with Crippen LogP contribution in [0.3, 0.4) is 0 Å². The number of amides is 1. The average molecular weight is 309 g/mol. The SMILES string of the molecule is [B]C1([B])Cc2ncc(N)cc2C([B])(CO)N1C(=O)OC(C)(C)C. The minimum Gasteiger partial charge on any atom is -0.444 e. The average Bonchev–Trinajstić information content (AvgIpc) is 2.37. The molecule has 1 atom stereocenters. The van der Waals surface area contributed by atoms with Crippen LogP contribution in [0, 0.1) is 0 Å². The van der Waals surface area contributed by atoms with Crippen LogP contribution in [0.4, 0.5) is 10.5 Å². The van der Waals surface area contributed by atoms with Crippen molar-refractivity contribution in [3.05, 3.63) is 23.5 Å². The van der Waals surface area contributed by atoms with Gasteiger partial charge in [0.1, 0.15) is 13.4 Å². The van der Waals surface area contributed by atoms with Crippen LogP contribution in [0.1, 0.15) is 32.0 Å². The predicted molar refractivity (Wildman–Crippen MR) is 89.2 cm³/mol. The summed E-state index contributed by atoms with van der Waals surface area (Å²) in [6.07, 6.45) is 0.656. The van der Waals surface area contributed by atoms with Gasteiger partial charge >= 0.3 is 6.09 Å². The van der Waals surface area contributed by atoms with Crippen molar-refractivity contribution >= 4 is 35.3 Å². The van der Waals surface area contributed by atoms with Crippen molar-refractivity contribution in [2.24, 2.45) is 0 Å². The molecule has 116 valence electrons. The number of aromatic nitrogens is 1. The minimum atomic E-state index is -1.69. The summed E-state index contributed by atoms with van der Waals surface area (Å²) in [5.74, 6) is 0. The molecule has 0 fully saturated rings. The van der Waals surface area contributed by atoms with Gasteiger partial charge < -0.3 is 20.5 Å². The van der Waals surface area contributed by atoms with E-state index in [0.717, 1.165) is 4.90 Å². The number of aliphatic hydroxyl groups excluding tert-OH is 1. The molecule has 0 spiro atoms. The molecule has 6 radical (unpaired) electrons. The van der Waals surface area contributed by atoms with Crippen molar-refractivity contribution in [2.75, 3.05) is 12.3 Å². The zero-order chi connectivity index (χ0) is 17.6. The normalized spacial score (nSPS) is 23.2. The summed E-state index contributed by atoms with van der Waals surface area (Å²) in [6, 6.07) is 1.55. The quantitative estimate of drug-likeness (QED) is 0.699. The highest BCUT2D eigenvalue weighted by atomic mass is 16.6. The lowest BCUT2D eigenvalue weighted by molar-refractivity contribution is -0.0137. The Hall–Kier alpha value is -1.63. The molecule has 0 aliphatic carbocycles. The van der Waals surface area contributed by atoms with Gasteiger partial charge in [0, 0.05) is 5.69 Å². The van der Waals surface area contributed by atoms with E-state index in [4.69, 9.17) is 34.0 Å². The number of aliphatic hydroxyl groups is 1. The van der Waals surface area contributed by atoms with Gasteiger partial charge in [-0.05, 0) is 44.2 Å². The molecule has 2 rings (SSSR count). The van der Waals surface area contributed by atoms with E-state index in [1.54, 1.807) is 26.8 Å². The fraction of sp³-hybridized carbons (Fsp3) is 0.571. The standard InChI is InChI=1S/C14H18B3N3O3/c1-12(2,3)23-11(22)20-13(15,7-21)9-4-8(18)6-19-10(9)5-14(20,16)17/h4,6,21H,5,7,18H2,1-3H3. The highest BCUT2D eigenvalue weighted by Gasteiger charge is 2.50. The molecule has 1 aromatic heterocycles. The number of nitrogen functional groups attached to an aromatic ring is 1. The Labute approximate surface area is 140 Å². The Morgan fingerprint density at radius 3 is 2.61 bits per heavy atom. The van der Waals surface area contributed by atoms with Crippen LogP contribution in [0.2, 0.25) is 0 Å². The van der Waals surface area contributed by atoms with Crippen LogP contribution < -0.4 is 5.73 Å². The number of fused-ring (bicyclic) bond motifs is 1. The van der Waals surface area contributed by atoms with Gasteiger partial charge in [-0.25, -0.2) is 4.79 Å². The first-order valence-electron chi connectivity index (χ1n) is 7.16. The Bertz CT molecular complexity index is 633. The van der Waals surface area contributed by atoms with Crippen molar-refractivity contribution in [1.29, 1.82) is 0 Å². The van der Waals surface area contributed by atoms with Crippen LogP contribution in [0.15, 0.2) is 12.3 Å². The van der Waals surface area contributed by atoms with E-state index in [9.17, 15) is 9.90 Å². The van der Waals surface area contributed by atoms with Crippen molar-refractivity contribution in [1.82, 2.24) is 9.88 Å².